The van der Waals surface area contributed by atoms with Crippen LogP contribution in [-0.2, 0) is 14.9 Å². The van der Waals surface area contributed by atoms with Gasteiger partial charge in [0.15, 0.2) is 0 Å². The Labute approximate surface area is 154 Å². The first kappa shape index (κ1) is 18.2. The molecular weight excluding hydrogens is 326 g/mol. The van der Waals surface area contributed by atoms with Crippen LogP contribution in [0.25, 0.3) is 5.69 Å². The molecule has 1 fully saturated rings. The van der Waals surface area contributed by atoms with E-state index >= 15 is 0 Å². The molecule has 2 aromatic rings. The first-order valence-electron chi connectivity index (χ1n) is 8.91. The lowest BCUT2D eigenvalue weighted by Crippen LogP contribution is -2.27. The molecule has 1 saturated carbocycles. The first-order chi connectivity index (χ1) is 12.3. The highest BCUT2D eigenvalue weighted by atomic mass is 16.5. The number of aromatic nitrogens is 2. The molecule has 136 valence electrons. The topological polar surface area (TPSA) is 67.9 Å². The Hall–Kier alpha value is -2.61. The van der Waals surface area contributed by atoms with Gasteiger partial charge in [-0.1, -0.05) is 39.0 Å². The molecule has 3 atom stereocenters. The number of nitrogens with zero attached hydrogens (tertiary/aromatic N) is 3. The van der Waals surface area contributed by atoms with Crippen LogP contribution < -0.4 is 0 Å². The van der Waals surface area contributed by atoms with Crippen LogP contribution in [0.1, 0.15) is 39.3 Å². The SMILES string of the molecule is COC(=O)[C@]1(c2cn(-c3ccccc3)cn2)C[C@@H]1CC(C#N)C(C)(C)C. The van der Waals surface area contributed by atoms with Crippen LogP contribution >= 0.6 is 0 Å². The standard InChI is InChI=1S/C21H25N3O2/c1-20(2,3)16(12-22)10-15-11-21(15,19(25)26-4)18-13-24(14-23-18)17-8-6-5-7-9-17/h5-9,13-16H,10-11H2,1-4H3/t15-,16?,21+/m0/s1. The van der Waals surface area contributed by atoms with Gasteiger partial charge in [-0.25, -0.2) is 4.98 Å². The van der Waals surface area contributed by atoms with Crippen molar-refractivity contribution in [3.05, 3.63) is 48.5 Å². The van der Waals surface area contributed by atoms with Crippen LogP contribution in [-0.4, -0.2) is 22.6 Å². The Bertz CT molecular complexity index is 829. The van der Waals surface area contributed by atoms with Crippen LogP contribution in [0.3, 0.4) is 0 Å². The number of nitriles is 1. The Morgan fingerprint density at radius 1 is 1.42 bits per heavy atom. The Kier molecular flexibility index (Phi) is 4.62. The average Bonchev–Trinajstić information content (AvgIpc) is 3.13. The number of rotatable bonds is 5. The van der Waals surface area contributed by atoms with Crippen molar-refractivity contribution in [2.75, 3.05) is 7.11 Å². The number of hydrogen-bond acceptors (Lipinski definition) is 4. The van der Waals surface area contributed by atoms with Gasteiger partial charge in [0.05, 0.1) is 31.1 Å². The number of carbonyl (C=O) groups is 1. The van der Waals surface area contributed by atoms with Crippen molar-refractivity contribution in [2.24, 2.45) is 17.3 Å². The lowest BCUT2D eigenvalue weighted by Gasteiger charge is -2.25. The van der Waals surface area contributed by atoms with Gasteiger partial charge in [-0.3, -0.25) is 4.79 Å². The highest BCUT2D eigenvalue weighted by Gasteiger charge is 2.64. The maximum atomic E-state index is 12.6. The van der Waals surface area contributed by atoms with Crippen molar-refractivity contribution < 1.29 is 9.53 Å². The highest BCUT2D eigenvalue weighted by molar-refractivity contribution is 5.86. The van der Waals surface area contributed by atoms with Gasteiger partial charge in [0.2, 0.25) is 0 Å². The van der Waals surface area contributed by atoms with Gasteiger partial charge < -0.3 is 9.30 Å². The monoisotopic (exact) mass is 351 g/mol. The third-order valence-corrected chi connectivity index (χ3v) is 5.47. The molecule has 0 amide bonds. The molecule has 26 heavy (non-hydrogen) atoms. The molecule has 3 rings (SSSR count). The molecular formula is C21H25N3O2. The molecule has 5 heteroatoms. The van der Waals surface area contributed by atoms with Crippen molar-refractivity contribution in [1.82, 2.24) is 9.55 Å². The molecule has 1 aromatic heterocycles. The van der Waals surface area contributed by atoms with Crippen molar-refractivity contribution >= 4 is 5.97 Å². The lowest BCUT2D eigenvalue weighted by molar-refractivity contribution is -0.144. The van der Waals surface area contributed by atoms with E-state index in [1.807, 2.05) is 41.1 Å². The van der Waals surface area contributed by atoms with Gasteiger partial charge >= 0.3 is 5.97 Å². The van der Waals surface area contributed by atoms with E-state index in [2.05, 4.69) is 31.8 Å². The predicted molar refractivity (Wildman–Crippen MR) is 98.5 cm³/mol. The van der Waals surface area contributed by atoms with Gasteiger partial charge in [0, 0.05) is 11.9 Å². The van der Waals surface area contributed by atoms with E-state index in [0.29, 0.717) is 12.8 Å². The zero-order valence-corrected chi connectivity index (χ0v) is 15.8. The largest absolute Gasteiger partial charge is 0.468 e. The highest BCUT2D eigenvalue weighted by Crippen LogP contribution is 2.58. The van der Waals surface area contributed by atoms with Crippen LogP contribution in [0.15, 0.2) is 42.9 Å². The number of benzene rings is 1. The molecule has 0 aliphatic heterocycles. The molecule has 1 unspecified atom stereocenters. The summed E-state index contributed by atoms with van der Waals surface area (Å²) in [5.41, 5.74) is 0.870. The molecule has 1 aromatic carbocycles. The number of carbonyl (C=O) groups excluding carboxylic acids is 1. The number of imidazole rings is 1. The normalized spacial score (nSPS) is 23.1. The second-order valence-corrected chi connectivity index (χ2v) is 8.15. The average molecular weight is 351 g/mol. The van der Waals surface area contributed by atoms with Gasteiger partial charge in [-0.2, -0.15) is 5.26 Å². The Balaban J connectivity index is 1.89. The summed E-state index contributed by atoms with van der Waals surface area (Å²) < 4.78 is 7.02. The second kappa shape index (κ2) is 6.60. The minimum absolute atomic E-state index is 0.0814. The maximum absolute atomic E-state index is 12.6. The smallest absolute Gasteiger partial charge is 0.318 e. The van der Waals surface area contributed by atoms with Crippen molar-refractivity contribution in [3.63, 3.8) is 0 Å². The Morgan fingerprint density at radius 2 is 2.12 bits per heavy atom. The van der Waals surface area contributed by atoms with Crippen molar-refractivity contribution in [3.8, 4) is 11.8 Å². The molecule has 0 bridgehead atoms. The zero-order valence-electron chi connectivity index (χ0n) is 15.8. The number of methoxy groups -OCH3 is 1. The van der Waals surface area contributed by atoms with E-state index in [9.17, 15) is 10.1 Å². The molecule has 1 aliphatic rings. The van der Waals surface area contributed by atoms with E-state index in [4.69, 9.17) is 4.74 Å². The van der Waals surface area contributed by atoms with Crippen LogP contribution in [0.5, 0.6) is 0 Å². The molecule has 1 heterocycles. The summed E-state index contributed by atoms with van der Waals surface area (Å²) in [5.74, 6) is -0.292. The van der Waals surface area contributed by atoms with Gasteiger partial charge in [0.25, 0.3) is 0 Å². The third-order valence-electron chi connectivity index (χ3n) is 5.47. The van der Waals surface area contributed by atoms with E-state index in [0.717, 1.165) is 11.4 Å². The molecule has 0 radical (unpaired) electrons. The fourth-order valence-electron chi connectivity index (χ4n) is 3.64. The maximum Gasteiger partial charge on any atom is 0.318 e. The molecule has 0 N–H and O–H groups in total. The third kappa shape index (κ3) is 3.12. The molecule has 5 nitrogen and oxygen atoms in total. The first-order valence-corrected chi connectivity index (χ1v) is 8.91. The van der Waals surface area contributed by atoms with Crippen LogP contribution in [0.2, 0.25) is 0 Å². The number of ether oxygens (including phenoxy) is 1. The molecule has 0 saturated heterocycles. The van der Waals surface area contributed by atoms with Crippen LogP contribution in [0, 0.1) is 28.6 Å². The summed E-state index contributed by atoms with van der Waals surface area (Å²) in [4.78, 5) is 17.1. The van der Waals surface area contributed by atoms with E-state index < -0.39 is 5.41 Å². The van der Waals surface area contributed by atoms with Gasteiger partial charge in [-0.15, -0.1) is 0 Å². The number of esters is 1. The van der Waals surface area contributed by atoms with Crippen molar-refractivity contribution in [2.45, 2.75) is 39.0 Å². The zero-order chi connectivity index (χ0) is 18.9. The second-order valence-electron chi connectivity index (χ2n) is 8.15. The summed E-state index contributed by atoms with van der Waals surface area (Å²) in [6.45, 7) is 6.19. The Morgan fingerprint density at radius 3 is 2.69 bits per heavy atom. The number of para-hydroxylation sites is 1. The minimum Gasteiger partial charge on any atom is -0.468 e. The molecule has 1 aliphatic carbocycles. The van der Waals surface area contributed by atoms with E-state index in [-0.39, 0.29) is 23.2 Å². The summed E-state index contributed by atoms with van der Waals surface area (Å²) in [6.07, 6.45) is 4.99. The summed E-state index contributed by atoms with van der Waals surface area (Å²) >= 11 is 0. The van der Waals surface area contributed by atoms with Crippen molar-refractivity contribution in [1.29, 1.82) is 5.26 Å². The summed E-state index contributed by atoms with van der Waals surface area (Å²) in [7, 11) is 1.42. The summed E-state index contributed by atoms with van der Waals surface area (Å²) in [6, 6.07) is 12.3. The lowest BCUT2D eigenvalue weighted by atomic mass is 9.77. The quantitative estimate of drug-likeness (QED) is 0.767. The minimum atomic E-state index is -0.727. The van der Waals surface area contributed by atoms with E-state index in [1.54, 1.807) is 6.33 Å². The summed E-state index contributed by atoms with van der Waals surface area (Å²) in [5, 5.41) is 9.54. The van der Waals surface area contributed by atoms with Gasteiger partial charge in [-0.05, 0) is 36.3 Å². The van der Waals surface area contributed by atoms with Crippen LogP contribution in [0.4, 0.5) is 0 Å². The fourth-order valence-corrected chi connectivity index (χ4v) is 3.64. The fraction of sp³-hybridized carbons (Fsp3) is 0.476. The van der Waals surface area contributed by atoms with Gasteiger partial charge in [0.1, 0.15) is 5.41 Å². The molecule has 0 spiro atoms. The predicted octanol–water partition coefficient (Wildman–Crippen LogP) is 3.88. The number of hydrogen-bond donors (Lipinski definition) is 0. The van der Waals surface area contributed by atoms with E-state index in [1.165, 1.54) is 7.11 Å².